The molecule has 0 amide bonds. The van der Waals surface area contributed by atoms with E-state index in [9.17, 15) is 15.0 Å². The first kappa shape index (κ1) is 22.5. The molecule has 0 spiro atoms. The lowest BCUT2D eigenvalue weighted by Gasteiger charge is -2.63. The number of aliphatic hydroxyl groups excluding tert-OH is 2. The highest BCUT2D eigenvalue weighted by Gasteiger charge is 2.64. The normalized spacial score (nSPS) is 47.1. The van der Waals surface area contributed by atoms with Crippen molar-refractivity contribution in [3.05, 3.63) is 11.6 Å². The molecule has 3 N–H and O–H groups in total. The molecule has 4 aliphatic carbocycles. The fourth-order valence-corrected chi connectivity index (χ4v) is 8.24. The van der Waals surface area contributed by atoms with Crippen LogP contribution < -0.4 is 5.32 Å². The van der Waals surface area contributed by atoms with E-state index in [0.29, 0.717) is 30.0 Å². The topological polar surface area (TPSA) is 69.6 Å². The average molecular weight is 418 g/mol. The first-order chi connectivity index (χ1) is 14.4. The number of unbranched alkanes of at least 4 members (excludes halogenated alkanes) is 2. The van der Waals surface area contributed by atoms with Gasteiger partial charge in [-0.1, -0.05) is 25.5 Å². The third-order valence-corrected chi connectivity index (χ3v) is 10.1. The Kier molecular flexibility index (Phi) is 6.50. The lowest BCUT2D eigenvalue weighted by Crippen LogP contribution is -2.62. The van der Waals surface area contributed by atoms with E-state index >= 15 is 0 Å². The lowest BCUT2D eigenvalue weighted by atomic mass is 9.42. The molecule has 0 saturated heterocycles. The van der Waals surface area contributed by atoms with Crippen LogP contribution in [0.4, 0.5) is 0 Å². The Hall–Kier alpha value is -0.710. The van der Waals surface area contributed by atoms with Crippen molar-refractivity contribution >= 4 is 5.78 Å². The van der Waals surface area contributed by atoms with Gasteiger partial charge in [0.25, 0.3) is 0 Å². The molecule has 4 aliphatic rings. The van der Waals surface area contributed by atoms with E-state index in [-0.39, 0.29) is 29.3 Å². The van der Waals surface area contributed by atoms with Gasteiger partial charge in [-0.3, -0.25) is 4.79 Å². The molecule has 4 rings (SSSR count). The first-order valence-corrected chi connectivity index (χ1v) is 12.5. The van der Waals surface area contributed by atoms with E-state index in [1.54, 1.807) is 5.57 Å². The second kappa shape index (κ2) is 8.67. The van der Waals surface area contributed by atoms with Crippen LogP contribution in [0.5, 0.6) is 0 Å². The Labute approximate surface area is 182 Å². The third kappa shape index (κ3) is 3.51. The Morgan fingerprint density at radius 2 is 1.90 bits per heavy atom. The quantitative estimate of drug-likeness (QED) is 0.449. The largest absolute Gasteiger partial charge is 0.396 e. The highest BCUT2D eigenvalue weighted by atomic mass is 16.3. The molecule has 30 heavy (non-hydrogen) atoms. The number of hydrogen-bond donors (Lipinski definition) is 3. The van der Waals surface area contributed by atoms with Crippen LogP contribution in [-0.2, 0) is 4.79 Å². The number of fused-ring (bicyclic) bond motifs is 5. The van der Waals surface area contributed by atoms with Crippen LogP contribution in [0.25, 0.3) is 0 Å². The molecular weight excluding hydrogens is 374 g/mol. The highest BCUT2D eigenvalue weighted by molar-refractivity contribution is 5.87. The standard InChI is InChI=1S/C26H43NO3/c1-25-12-10-17(7-5-4-6-14-27-3)15-21(25)18(16-28)24(30)23-19-8-9-22(29)26(19,2)13-11-20(23)25/h7,18-21,23-24,27-28,30H,4-6,8-16H2,1-3H3/t18-,19+,20+,21?,23+,24-,25-,26+/m1/s1. The van der Waals surface area contributed by atoms with E-state index < -0.39 is 6.10 Å². The van der Waals surface area contributed by atoms with Gasteiger partial charge in [-0.15, -0.1) is 0 Å². The van der Waals surface area contributed by atoms with Crippen LogP contribution >= 0.6 is 0 Å². The number of hydrogen-bond acceptors (Lipinski definition) is 4. The summed E-state index contributed by atoms with van der Waals surface area (Å²) >= 11 is 0. The molecule has 4 heteroatoms. The number of carbonyl (C=O) groups is 1. The summed E-state index contributed by atoms with van der Waals surface area (Å²) < 4.78 is 0. The van der Waals surface area contributed by atoms with E-state index in [0.717, 1.165) is 45.1 Å². The average Bonchev–Trinajstić information content (AvgIpc) is 3.04. The summed E-state index contributed by atoms with van der Waals surface area (Å²) in [5.41, 5.74) is 1.48. The molecule has 0 aromatic carbocycles. The number of rotatable bonds is 6. The minimum absolute atomic E-state index is 0.0534. The van der Waals surface area contributed by atoms with Gasteiger partial charge in [0.05, 0.1) is 6.10 Å². The van der Waals surface area contributed by atoms with Crippen LogP contribution in [0, 0.1) is 40.4 Å². The predicted molar refractivity (Wildman–Crippen MR) is 120 cm³/mol. The van der Waals surface area contributed by atoms with Crippen molar-refractivity contribution in [3.63, 3.8) is 0 Å². The number of Topliss-reactive ketones (excluding diaryl/α,β-unsaturated/α-hetero) is 1. The van der Waals surface area contributed by atoms with Gasteiger partial charge in [0.2, 0.25) is 0 Å². The van der Waals surface area contributed by atoms with Crippen LogP contribution in [0.1, 0.15) is 78.1 Å². The van der Waals surface area contributed by atoms with Crippen molar-refractivity contribution in [2.24, 2.45) is 40.4 Å². The summed E-state index contributed by atoms with van der Waals surface area (Å²) in [5.74, 6) is 1.69. The summed E-state index contributed by atoms with van der Waals surface area (Å²) in [6, 6.07) is 0. The maximum absolute atomic E-state index is 12.7. The summed E-state index contributed by atoms with van der Waals surface area (Å²) in [5, 5.41) is 25.1. The van der Waals surface area contributed by atoms with Crippen molar-refractivity contribution in [2.45, 2.75) is 84.2 Å². The maximum Gasteiger partial charge on any atom is 0.139 e. The molecule has 4 fully saturated rings. The monoisotopic (exact) mass is 417 g/mol. The smallest absolute Gasteiger partial charge is 0.139 e. The van der Waals surface area contributed by atoms with Gasteiger partial charge >= 0.3 is 0 Å². The Bertz CT molecular complexity index is 675. The molecule has 1 unspecified atom stereocenters. The number of ketones is 1. The minimum atomic E-state index is -0.469. The zero-order valence-corrected chi connectivity index (χ0v) is 19.3. The van der Waals surface area contributed by atoms with Crippen molar-refractivity contribution < 1.29 is 15.0 Å². The SMILES string of the molecule is CNCCCCC=C1CC[C@@]2(C)C(C1)[C@@H](CO)[C@@H](O)[C@@H]1[C@@H]2CC[C@]2(C)C(=O)CC[C@@H]12. The maximum atomic E-state index is 12.7. The summed E-state index contributed by atoms with van der Waals surface area (Å²) in [6.45, 7) is 5.76. The molecule has 0 heterocycles. The summed E-state index contributed by atoms with van der Waals surface area (Å²) in [4.78, 5) is 12.7. The molecule has 4 nitrogen and oxygen atoms in total. The van der Waals surface area contributed by atoms with E-state index in [2.05, 4.69) is 25.2 Å². The fraction of sp³-hybridized carbons (Fsp3) is 0.885. The lowest BCUT2D eigenvalue weighted by molar-refractivity contribution is -0.191. The summed E-state index contributed by atoms with van der Waals surface area (Å²) in [7, 11) is 2.01. The fourth-order valence-electron chi connectivity index (χ4n) is 8.24. The highest BCUT2D eigenvalue weighted by Crippen LogP contribution is 2.67. The zero-order valence-electron chi connectivity index (χ0n) is 19.3. The molecular formula is C26H43NO3. The van der Waals surface area contributed by atoms with Crippen LogP contribution in [0.3, 0.4) is 0 Å². The number of carbonyl (C=O) groups excluding carboxylic acids is 1. The minimum Gasteiger partial charge on any atom is -0.396 e. The number of allylic oxidation sites excluding steroid dienone is 2. The van der Waals surface area contributed by atoms with Crippen LogP contribution in [0.2, 0.25) is 0 Å². The number of aliphatic hydroxyl groups is 2. The Morgan fingerprint density at radius 1 is 1.10 bits per heavy atom. The van der Waals surface area contributed by atoms with Crippen molar-refractivity contribution in [2.75, 3.05) is 20.2 Å². The Balaban J connectivity index is 1.55. The molecule has 8 atom stereocenters. The van der Waals surface area contributed by atoms with E-state index in [1.165, 1.54) is 19.3 Å². The first-order valence-electron chi connectivity index (χ1n) is 12.5. The van der Waals surface area contributed by atoms with Gasteiger partial charge in [0.15, 0.2) is 0 Å². The molecule has 0 bridgehead atoms. The van der Waals surface area contributed by atoms with Gasteiger partial charge in [-0.25, -0.2) is 0 Å². The summed E-state index contributed by atoms with van der Waals surface area (Å²) in [6.07, 6.45) is 12.6. The van der Waals surface area contributed by atoms with Gasteiger partial charge in [-0.05, 0) is 100 Å². The second-order valence-corrected chi connectivity index (χ2v) is 11.3. The van der Waals surface area contributed by atoms with Crippen LogP contribution in [0.15, 0.2) is 11.6 Å². The molecule has 170 valence electrons. The Morgan fingerprint density at radius 3 is 2.63 bits per heavy atom. The molecule has 0 radical (unpaired) electrons. The van der Waals surface area contributed by atoms with E-state index in [1.807, 2.05) is 7.05 Å². The molecule has 4 saturated carbocycles. The van der Waals surface area contributed by atoms with Gasteiger partial charge < -0.3 is 15.5 Å². The zero-order chi connectivity index (χ0) is 21.5. The predicted octanol–water partition coefficient (Wildman–Crippen LogP) is 4.10. The van der Waals surface area contributed by atoms with Crippen molar-refractivity contribution in [1.29, 1.82) is 0 Å². The van der Waals surface area contributed by atoms with Crippen molar-refractivity contribution in [3.8, 4) is 0 Å². The van der Waals surface area contributed by atoms with Gasteiger partial charge in [-0.2, -0.15) is 0 Å². The molecule has 0 aliphatic heterocycles. The third-order valence-electron chi connectivity index (χ3n) is 10.1. The number of nitrogens with one attached hydrogen (secondary N) is 1. The van der Waals surface area contributed by atoms with Gasteiger partial charge in [0, 0.05) is 24.4 Å². The molecule has 0 aromatic rings. The molecule has 0 aromatic heterocycles. The van der Waals surface area contributed by atoms with Crippen LogP contribution in [-0.4, -0.2) is 42.3 Å². The van der Waals surface area contributed by atoms with Crippen molar-refractivity contribution in [1.82, 2.24) is 5.32 Å². The van der Waals surface area contributed by atoms with Gasteiger partial charge in [0.1, 0.15) is 5.78 Å². The van der Waals surface area contributed by atoms with E-state index in [4.69, 9.17) is 0 Å². The second-order valence-electron chi connectivity index (χ2n) is 11.3.